The molecule has 0 atom stereocenters. The number of nitrogens with zero attached hydrogens (tertiary/aromatic N) is 1. The van der Waals surface area contributed by atoms with Crippen molar-refractivity contribution in [1.29, 1.82) is 0 Å². The van der Waals surface area contributed by atoms with E-state index in [0.29, 0.717) is 0 Å². The standard InChI is InChI=1S/C11H9NO2/c1-2-8-12-11(13)14-9-10-6-4-3-5-7-10/h1,3-8H,9H2/b12-8+. The van der Waals surface area contributed by atoms with Crippen LogP contribution in [-0.4, -0.2) is 12.3 Å². The van der Waals surface area contributed by atoms with Crippen LogP contribution in [0, 0.1) is 12.3 Å². The largest absolute Gasteiger partial charge is 0.443 e. The van der Waals surface area contributed by atoms with E-state index >= 15 is 0 Å². The van der Waals surface area contributed by atoms with Gasteiger partial charge in [0.1, 0.15) is 6.61 Å². The highest BCUT2D eigenvalue weighted by molar-refractivity contribution is 5.87. The lowest BCUT2D eigenvalue weighted by atomic mass is 10.2. The van der Waals surface area contributed by atoms with Gasteiger partial charge in [0, 0.05) is 0 Å². The Hall–Kier alpha value is -2.08. The maximum atomic E-state index is 10.9. The monoisotopic (exact) mass is 187 g/mol. The van der Waals surface area contributed by atoms with Crippen LogP contribution in [-0.2, 0) is 11.3 Å². The number of carbonyl (C=O) groups is 1. The van der Waals surface area contributed by atoms with Crippen molar-refractivity contribution in [2.24, 2.45) is 4.99 Å². The zero-order valence-corrected chi connectivity index (χ0v) is 7.51. The first-order valence-electron chi connectivity index (χ1n) is 4.02. The summed E-state index contributed by atoms with van der Waals surface area (Å²) in [7, 11) is 0. The summed E-state index contributed by atoms with van der Waals surface area (Å²) in [5.41, 5.74) is 0.914. The van der Waals surface area contributed by atoms with Crippen molar-refractivity contribution < 1.29 is 9.53 Å². The van der Waals surface area contributed by atoms with E-state index in [1.165, 1.54) is 0 Å². The van der Waals surface area contributed by atoms with E-state index in [9.17, 15) is 4.79 Å². The van der Waals surface area contributed by atoms with Crippen molar-refractivity contribution in [2.75, 3.05) is 0 Å². The molecule has 0 radical (unpaired) electrons. The maximum Gasteiger partial charge on any atom is 0.434 e. The Bertz CT molecular complexity index is 363. The van der Waals surface area contributed by atoms with E-state index in [1.807, 2.05) is 30.3 Å². The molecule has 3 nitrogen and oxygen atoms in total. The van der Waals surface area contributed by atoms with Crippen LogP contribution < -0.4 is 0 Å². The third-order valence-corrected chi connectivity index (χ3v) is 1.45. The fourth-order valence-electron chi connectivity index (χ4n) is 0.847. The van der Waals surface area contributed by atoms with Gasteiger partial charge in [0.2, 0.25) is 0 Å². The van der Waals surface area contributed by atoms with Crippen LogP contribution in [0.4, 0.5) is 4.79 Å². The summed E-state index contributed by atoms with van der Waals surface area (Å²) in [4.78, 5) is 14.2. The Balaban J connectivity index is 2.39. The lowest BCUT2D eigenvalue weighted by Crippen LogP contribution is -1.98. The molecule has 70 valence electrons. The third kappa shape index (κ3) is 3.55. The highest BCUT2D eigenvalue weighted by Crippen LogP contribution is 2.00. The average molecular weight is 187 g/mol. The molecule has 0 fully saturated rings. The highest BCUT2D eigenvalue weighted by atomic mass is 16.5. The molecule has 0 bridgehead atoms. The van der Waals surface area contributed by atoms with Gasteiger partial charge >= 0.3 is 6.09 Å². The lowest BCUT2D eigenvalue weighted by molar-refractivity contribution is 0.151. The Labute approximate surface area is 82.4 Å². The van der Waals surface area contributed by atoms with E-state index in [4.69, 9.17) is 11.2 Å². The van der Waals surface area contributed by atoms with Crippen molar-refractivity contribution in [2.45, 2.75) is 6.61 Å². The number of amides is 1. The maximum absolute atomic E-state index is 10.9. The normalized spacial score (nSPS) is 9.64. The van der Waals surface area contributed by atoms with E-state index < -0.39 is 6.09 Å². The quantitative estimate of drug-likeness (QED) is 0.524. The molecule has 1 amide bonds. The Morgan fingerprint density at radius 3 is 2.86 bits per heavy atom. The van der Waals surface area contributed by atoms with Crippen LogP contribution in [0.1, 0.15) is 5.56 Å². The number of rotatable bonds is 2. The van der Waals surface area contributed by atoms with Crippen molar-refractivity contribution >= 4 is 12.3 Å². The van der Waals surface area contributed by atoms with Gasteiger partial charge in [-0.25, -0.2) is 4.79 Å². The van der Waals surface area contributed by atoms with Crippen LogP contribution in [0.5, 0.6) is 0 Å². The van der Waals surface area contributed by atoms with Crippen LogP contribution in [0.25, 0.3) is 0 Å². The number of hydrogen-bond acceptors (Lipinski definition) is 2. The molecule has 3 heteroatoms. The Kier molecular flexibility index (Phi) is 3.96. The first kappa shape index (κ1) is 10.0. The van der Waals surface area contributed by atoms with Crippen LogP contribution >= 0.6 is 0 Å². The van der Waals surface area contributed by atoms with Crippen molar-refractivity contribution in [3.63, 3.8) is 0 Å². The minimum Gasteiger partial charge on any atom is -0.443 e. The van der Waals surface area contributed by atoms with Gasteiger partial charge in [-0.1, -0.05) is 36.3 Å². The first-order chi connectivity index (χ1) is 6.83. The lowest BCUT2D eigenvalue weighted by Gasteiger charge is -1.99. The van der Waals surface area contributed by atoms with E-state index in [0.717, 1.165) is 11.8 Å². The van der Waals surface area contributed by atoms with Gasteiger partial charge in [0.25, 0.3) is 0 Å². The molecule has 0 aliphatic carbocycles. The van der Waals surface area contributed by atoms with Gasteiger partial charge < -0.3 is 4.74 Å². The predicted octanol–water partition coefficient (Wildman–Crippen LogP) is 2.03. The molecule has 1 rings (SSSR count). The molecule has 0 N–H and O–H groups in total. The number of ether oxygens (including phenoxy) is 1. The second kappa shape index (κ2) is 5.55. The van der Waals surface area contributed by atoms with Gasteiger partial charge in [-0.2, -0.15) is 4.99 Å². The smallest absolute Gasteiger partial charge is 0.434 e. The SMILES string of the molecule is C#C/C=N/C(=O)OCc1ccccc1. The van der Waals surface area contributed by atoms with Crippen molar-refractivity contribution in [1.82, 2.24) is 0 Å². The minimum atomic E-state index is -0.674. The van der Waals surface area contributed by atoms with Crippen LogP contribution in [0.15, 0.2) is 35.3 Å². The van der Waals surface area contributed by atoms with Crippen LogP contribution in [0.2, 0.25) is 0 Å². The van der Waals surface area contributed by atoms with Gasteiger partial charge in [0.05, 0.1) is 6.21 Å². The number of terminal acetylenes is 1. The van der Waals surface area contributed by atoms with Crippen molar-refractivity contribution in [3.05, 3.63) is 35.9 Å². The van der Waals surface area contributed by atoms with Gasteiger partial charge in [-0.15, -0.1) is 6.42 Å². The molecule has 0 aliphatic heterocycles. The number of benzene rings is 1. The Morgan fingerprint density at radius 2 is 2.21 bits per heavy atom. The number of aliphatic imine (C=N–C) groups is 1. The third-order valence-electron chi connectivity index (χ3n) is 1.45. The molecule has 14 heavy (non-hydrogen) atoms. The molecule has 0 heterocycles. The predicted molar refractivity (Wildman–Crippen MR) is 54.0 cm³/mol. The fraction of sp³-hybridized carbons (Fsp3) is 0.0909. The van der Waals surface area contributed by atoms with Gasteiger partial charge in [-0.05, 0) is 5.56 Å². The molecule has 0 saturated carbocycles. The summed E-state index contributed by atoms with van der Waals surface area (Å²) < 4.78 is 4.80. The summed E-state index contributed by atoms with van der Waals surface area (Å²) in [6.45, 7) is 0.210. The molecule has 0 aliphatic rings. The molecular weight excluding hydrogens is 178 g/mol. The fourth-order valence-corrected chi connectivity index (χ4v) is 0.847. The molecular formula is C11H9NO2. The molecule has 1 aromatic carbocycles. The average Bonchev–Trinajstić information content (AvgIpc) is 2.25. The molecule has 0 unspecified atom stereocenters. The summed E-state index contributed by atoms with van der Waals surface area (Å²) in [5.74, 6) is 2.10. The number of hydrogen-bond donors (Lipinski definition) is 0. The minimum absolute atomic E-state index is 0.210. The van der Waals surface area contributed by atoms with Gasteiger partial charge in [0.15, 0.2) is 0 Å². The second-order valence-electron chi connectivity index (χ2n) is 2.47. The van der Waals surface area contributed by atoms with Gasteiger partial charge in [-0.3, -0.25) is 0 Å². The first-order valence-corrected chi connectivity index (χ1v) is 4.02. The summed E-state index contributed by atoms with van der Waals surface area (Å²) in [5, 5.41) is 0. The zero-order valence-electron chi connectivity index (χ0n) is 7.51. The molecule has 0 aromatic heterocycles. The topological polar surface area (TPSA) is 38.7 Å². The Morgan fingerprint density at radius 1 is 1.50 bits per heavy atom. The number of carbonyl (C=O) groups excluding carboxylic acids is 1. The van der Waals surface area contributed by atoms with E-state index in [1.54, 1.807) is 0 Å². The summed E-state index contributed by atoms with van der Waals surface area (Å²) in [6, 6.07) is 9.35. The summed E-state index contributed by atoms with van der Waals surface area (Å²) in [6.07, 6.45) is 5.27. The highest BCUT2D eigenvalue weighted by Gasteiger charge is 1.97. The molecule has 0 saturated heterocycles. The van der Waals surface area contributed by atoms with Crippen molar-refractivity contribution in [3.8, 4) is 12.3 Å². The van der Waals surface area contributed by atoms with E-state index in [-0.39, 0.29) is 6.61 Å². The summed E-state index contributed by atoms with van der Waals surface area (Å²) >= 11 is 0. The molecule has 1 aromatic rings. The second-order valence-corrected chi connectivity index (χ2v) is 2.47. The molecule has 0 spiro atoms. The van der Waals surface area contributed by atoms with Crippen LogP contribution in [0.3, 0.4) is 0 Å². The zero-order chi connectivity index (χ0) is 10.2. The van der Waals surface area contributed by atoms with E-state index in [2.05, 4.69) is 10.9 Å².